The monoisotopic (exact) mass is 423 g/mol. The average Bonchev–Trinajstić information content (AvgIpc) is 3.15. The van der Waals surface area contributed by atoms with Crippen LogP contribution in [0.4, 0.5) is 26.3 Å². The van der Waals surface area contributed by atoms with E-state index in [-0.39, 0.29) is 0 Å². The highest BCUT2D eigenvalue weighted by Crippen LogP contribution is 2.27. The maximum atomic E-state index is 11.5. The quantitative estimate of drug-likeness (QED) is 0.573. The van der Waals surface area contributed by atoms with Crippen LogP contribution < -0.4 is 14.8 Å². The van der Waals surface area contributed by atoms with Gasteiger partial charge in [0, 0.05) is 0 Å². The molecule has 152 valence electrons. The lowest BCUT2D eigenvalue weighted by atomic mass is 10.4. The van der Waals surface area contributed by atoms with E-state index in [0.29, 0.717) is 0 Å². The molecule has 7 nitrogen and oxygen atoms in total. The molecule has 0 aliphatic carbocycles. The Balaban J connectivity index is 0.000000456. The Labute approximate surface area is 141 Å². The van der Waals surface area contributed by atoms with Gasteiger partial charge < -0.3 is 10.6 Å². The highest BCUT2D eigenvalue weighted by atomic mass is 32.3. The summed E-state index contributed by atoms with van der Waals surface area (Å²) in [4.78, 5) is 0. The van der Waals surface area contributed by atoms with Gasteiger partial charge in [0.25, 0.3) is 0 Å². The zero-order valence-corrected chi connectivity index (χ0v) is 14.5. The van der Waals surface area contributed by atoms with Crippen LogP contribution in [0.3, 0.4) is 0 Å². The van der Waals surface area contributed by atoms with Gasteiger partial charge in [-0.25, -0.2) is 16.8 Å². The first-order valence-electron chi connectivity index (χ1n) is 7.03. The minimum Gasteiger partial charge on any atom is -0.317 e. The molecule has 0 bridgehead atoms. The van der Waals surface area contributed by atoms with Gasteiger partial charge in [-0.15, -0.1) is 0 Å². The molecule has 0 unspecified atom stereocenters. The van der Waals surface area contributed by atoms with E-state index in [0.717, 1.165) is 0 Å². The van der Waals surface area contributed by atoms with E-state index in [1.54, 1.807) is 0 Å². The van der Waals surface area contributed by atoms with Gasteiger partial charge in [0.15, 0.2) is 0 Å². The Kier molecular flexibility index (Phi) is 9.64. The van der Waals surface area contributed by atoms with Gasteiger partial charge in [0.2, 0.25) is 0 Å². The van der Waals surface area contributed by atoms with Gasteiger partial charge in [-0.3, -0.25) is 0 Å². The van der Waals surface area contributed by atoms with E-state index in [1.165, 1.54) is 51.9 Å². The number of hydrogen-bond acceptors (Lipinski definition) is 6. The van der Waals surface area contributed by atoms with E-state index in [4.69, 9.17) is 0 Å². The number of halogens is 6. The van der Waals surface area contributed by atoms with Crippen LogP contribution in [0.15, 0.2) is 0 Å². The fourth-order valence-electron chi connectivity index (χ4n) is 1.49. The number of hydrogen-bond donors (Lipinski definition) is 3. The molecule has 3 N–H and O–H groups in total. The molecule has 2 aliphatic rings. The smallest absolute Gasteiger partial charge is 0.317 e. The van der Waals surface area contributed by atoms with Crippen LogP contribution in [0.2, 0.25) is 0 Å². The fourth-order valence-corrected chi connectivity index (χ4v) is 3.40. The third-order valence-electron chi connectivity index (χ3n) is 2.74. The Morgan fingerprint density at radius 3 is 0.960 bits per heavy atom. The lowest BCUT2D eigenvalue weighted by Gasteiger charge is -2.11. The highest BCUT2D eigenvalue weighted by Gasteiger charge is 2.55. The van der Waals surface area contributed by atoms with Crippen LogP contribution in [0.5, 0.6) is 0 Å². The summed E-state index contributed by atoms with van der Waals surface area (Å²) < 4.78 is 108. The zero-order valence-electron chi connectivity index (χ0n) is 12.9. The number of alkyl halides is 6. The third-order valence-corrected chi connectivity index (χ3v) is 5.72. The predicted octanol–water partition coefficient (Wildman–Crippen LogP) is 1.01. The lowest BCUT2D eigenvalue weighted by molar-refractivity contribution is -0.0476. The molecule has 15 heteroatoms. The van der Waals surface area contributed by atoms with Crippen molar-refractivity contribution in [3.05, 3.63) is 0 Å². The minimum atomic E-state index is -6.60. The van der Waals surface area contributed by atoms with Crippen molar-refractivity contribution in [1.29, 1.82) is 0 Å². The van der Waals surface area contributed by atoms with E-state index in [1.807, 2.05) is 0 Å². The molecule has 2 heterocycles. The number of nitrogens with one attached hydrogen (secondary N) is 3. The maximum Gasteiger partial charge on any atom is 0.512 e. The topological polar surface area (TPSA) is 104 Å². The summed E-state index contributed by atoms with van der Waals surface area (Å²) >= 11 is 0. The van der Waals surface area contributed by atoms with Crippen molar-refractivity contribution in [1.82, 2.24) is 14.8 Å². The molecule has 2 saturated heterocycles. The summed E-state index contributed by atoms with van der Waals surface area (Å²) in [5, 5.41) is 6.44. The molecule has 0 aromatic rings. The Morgan fingerprint density at radius 2 is 0.840 bits per heavy atom. The molecule has 0 atom stereocenters. The number of rotatable bonds is 2. The summed E-state index contributed by atoms with van der Waals surface area (Å²) in [7, 11) is -13.2. The molecule has 0 saturated carbocycles. The van der Waals surface area contributed by atoms with Crippen LogP contribution >= 0.6 is 0 Å². The van der Waals surface area contributed by atoms with E-state index >= 15 is 0 Å². The van der Waals surface area contributed by atoms with Gasteiger partial charge in [0.05, 0.1) is 0 Å². The van der Waals surface area contributed by atoms with Gasteiger partial charge in [0.1, 0.15) is 0 Å². The molecule has 0 amide bonds. The van der Waals surface area contributed by atoms with Crippen LogP contribution in [0.25, 0.3) is 0 Å². The first kappa shape index (κ1) is 24.4. The summed E-state index contributed by atoms with van der Waals surface area (Å²) in [6.07, 6.45) is 5.56. The largest absolute Gasteiger partial charge is 0.512 e. The second-order valence-corrected chi connectivity index (χ2v) is 8.50. The van der Waals surface area contributed by atoms with Crippen molar-refractivity contribution in [2.75, 3.05) is 26.2 Å². The van der Waals surface area contributed by atoms with Crippen molar-refractivity contribution in [2.24, 2.45) is 0 Å². The van der Waals surface area contributed by atoms with Crippen LogP contribution in [-0.4, -0.2) is 54.0 Å². The second-order valence-electron chi connectivity index (χ2n) is 4.90. The van der Waals surface area contributed by atoms with Gasteiger partial charge in [-0.1, -0.05) is 4.13 Å². The molecule has 0 radical (unpaired) electrons. The minimum absolute atomic E-state index is 0.493. The molecule has 0 spiro atoms. The fraction of sp³-hybridized carbons (Fsp3) is 1.00. The maximum absolute atomic E-state index is 11.5. The van der Waals surface area contributed by atoms with Crippen molar-refractivity contribution in [3.63, 3.8) is 0 Å². The summed E-state index contributed by atoms with van der Waals surface area (Å²) in [5.74, 6) is 0. The number of sulfonamides is 2. The average molecular weight is 423 g/mol. The van der Waals surface area contributed by atoms with E-state index < -0.39 is 35.2 Å². The first-order chi connectivity index (χ1) is 11.2. The van der Waals surface area contributed by atoms with E-state index in [9.17, 15) is 43.2 Å². The van der Waals surface area contributed by atoms with Crippen molar-refractivity contribution < 1.29 is 43.2 Å². The molecule has 0 aromatic carbocycles. The molecule has 2 aliphatic heterocycles. The molecule has 0 aromatic heterocycles. The van der Waals surface area contributed by atoms with Crippen molar-refractivity contribution in [3.8, 4) is 0 Å². The summed E-state index contributed by atoms with van der Waals surface area (Å²) in [6, 6.07) is 0. The van der Waals surface area contributed by atoms with Crippen LogP contribution in [0.1, 0.15) is 25.7 Å². The van der Waals surface area contributed by atoms with Gasteiger partial charge in [-0.2, -0.15) is 26.3 Å². The third kappa shape index (κ3) is 9.58. The Bertz CT molecular complexity index is 514. The molecule has 25 heavy (non-hydrogen) atoms. The normalized spacial score (nSPS) is 18.8. The molecular weight excluding hydrogens is 404 g/mol. The Hall–Kier alpha value is -0.640. The van der Waals surface area contributed by atoms with Gasteiger partial charge >= 0.3 is 31.1 Å². The Morgan fingerprint density at radius 1 is 0.600 bits per heavy atom. The van der Waals surface area contributed by atoms with Gasteiger partial charge in [-0.05, 0) is 51.9 Å². The molecular formula is C10H19F6N3O4S2. The highest BCUT2D eigenvalue weighted by molar-refractivity contribution is 8.05. The predicted molar refractivity (Wildman–Crippen MR) is 77.3 cm³/mol. The van der Waals surface area contributed by atoms with E-state index in [2.05, 4.69) is 10.6 Å². The van der Waals surface area contributed by atoms with Crippen molar-refractivity contribution in [2.45, 2.75) is 36.7 Å². The summed E-state index contributed by atoms with van der Waals surface area (Å²) in [5.41, 5.74) is -12.3. The summed E-state index contributed by atoms with van der Waals surface area (Å²) in [6.45, 7) is 5.00. The van der Waals surface area contributed by atoms with Crippen molar-refractivity contribution >= 4 is 20.0 Å². The standard InChI is InChI=1S/2C4H9N.C2HF6NO4S2/c2*1-2-4-5-3-1;3-1(4,5)14(10,11)9-15(12,13)2(6,7)8/h2*5H,1-4H2;9H. The zero-order chi connectivity index (χ0) is 19.8. The molecule has 2 rings (SSSR count). The second kappa shape index (κ2) is 9.89. The van der Waals surface area contributed by atoms with Crippen LogP contribution in [0, 0.1) is 0 Å². The SMILES string of the molecule is C1CCNC1.C1CCNC1.O=S(=O)(NS(=O)(=O)C(F)(F)F)C(F)(F)F. The lowest BCUT2D eigenvalue weighted by Crippen LogP contribution is -2.45. The first-order valence-corrected chi connectivity index (χ1v) is 10.00. The molecule has 2 fully saturated rings. The van der Waals surface area contributed by atoms with Crippen LogP contribution in [-0.2, 0) is 20.0 Å².